The van der Waals surface area contributed by atoms with E-state index >= 15 is 0 Å². The van der Waals surface area contributed by atoms with Crippen molar-refractivity contribution in [3.05, 3.63) is 18.0 Å². The van der Waals surface area contributed by atoms with Crippen LogP contribution in [0.1, 0.15) is 5.69 Å². The zero-order chi connectivity index (χ0) is 10.7. The lowest BCUT2D eigenvalue weighted by Gasteiger charge is -2.32. The van der Waals surface area contributed by atoms with Gasteiger partial charge in [0.1, 0.15) is 0 Å². The summed E-state index contributed by atoms with van der Waals surface area (Å²) in [5.74, 6) is 0.809. The summed E-state index contributed by atoms with van der Waals surface area (Å²) in [5, 5.41) is 0.856. The molecule has 0 spiro atoms. The quantitative estimate of drug-likeness (QED) is 0.762. The van der Waals surface area contributed by atoms with Crippen LogP contribution < -0.4 is 4.90 Å². The van der Waals surface area contributed by atoms with E-state index in [1.165, 1.54) is 0 Å². The molecule has 0 N–H and O–H groups in total. The van der Waals surface area contributed by atoms with Crippen molar-refractivity contribution in [2.75, 3.05) is 29.9 Å². The van der Waals surface area contributed by atoms with Crippen LogP contribution in [-0.2, 0) is 4.74 Å². The zero-order valence-corrected chi connectivity index (χ0v) is 10.3. The maximum absolute atomic E-state index is 5.56. The number of hydrogen-bond acceptors (Lipinski definition) is 4. The van der Waals surface area contributed by atoms with Gasteiger partial charge in [-0.25, -0.2) is 9.97 Å². The molecule has 1 fully saturated rings. The Morgan fingerprint density at radius 3 is 3.27 bits per heavy atom. The normalized spacial score (nSPS) is 21.7. The Labute approximate surface area is 97.8 Å². The summed E-state index contributed by atoms with van der Waals surface area (Å²) in [6, 6.07) is 1.91. The monoisotopic (exact) mass is 271 g/mol. The van der Waals surface area contributed by atoms with Crippen LogP contribution in [-0.4, -0.2) is 41.1 Å². The van der Waals surface area contributed by atoms with Gasteiger partial charge in [0.05, 0.1) is 12.7 Å². The molecule has 2 rings (SSSR count). The van der Waals surface area contributed by atoms with Crippen LogP contribution in [0.2, 0.25) is 0 Å². The predicted molar refractivity (Wildman–Crippen MR) is 62.5 cm³/mol. The van der Waals surface area contributed by atoms with E-state index in [-0.39, 0.29) is 6.10 Å². The molecular weight excluding hydrogens is 258 g/mol. The summed E-state index contributed by atoms with van der Waals surface area (Å²) < 4.78 is 5.56. The fourth-order valence-corrected chi connectivity index (χ4v) is 1.97. The number of alkyl halides is 1. The molecule has 1 atom stereocenters. The maximum Gasteiger partial charge on any atom is 0.225 e. The first-order chi connectivity index (χ1) is 7.29. The number of halogens is 1. The number of aryl methyl sites for hydroxylation is 1. The van der Waals surface area contributed by atoms with Crippen molar-refractivity contribution < 1.29 is 4.74 Å². The Balaban J connectivity index is 2.09. The van der Waals surface area contributed by atoms with Crippen LogP contribution in [0.3, 0.4) is 0 Å². The average Bonchev–Trinajstić information content (AvgIpc) is 2.29. The molecule has 5 heteroatoms. The predicted octanol–water partition coefficient (Wildman–Crippen LogP) is 1.39. The van der Waals surface area contributed by atoms with Gasteiger partial charge in [-0.2, -0.15) is 0 Å². The van der Waals surface area contributed by atoms with E-state index in [4.69, 9.17) is 4.74 Å². The Hall–Kier alpha value is -0.680. The van der Waals surface area contributed by atoms with Gasteiger partial charge in [0.2, 0.25) is 5.95 Å². The largest absolute Gasteiger partial charge is 0.374 e. The van der Waals surface area contributed by atoms with Crippen LogP contribution in [0, 0.1) is 6.92 Å². The minimum Gasteiger partial charge on any atom is -0.374 e. The van der Waals surface area contributed by atoms with Crippen molar-refractivity contribution in [1.82, 2.24) is 9.97 Å². The molecule has 1 unspecified atom stereocenters. The number of morpholine rings is 1. The molecule has 1 aliphatic heterocycles. The van der Waals surface area contributed by atoms with Crippen LogP contribution >= 0.6 is 15.9 Å². The Morgan fingerprint density at radius 1 is 1.67 bits per heavy atom. The number of aromatic nitrogens is 2. The molecule has 4 nitrogen and oxygen atoms in total. The van der Waals surface area contributed by atoms with Crippen molar-refractivity contribution in [3.63, 3.8) is 0 Å². The Kier molecular flexibility index (Phi) is 3.53. The van der Waals surface area contributed by atoms with Gasteiger partial charge in [0, 0.05) is 30.3 Å². The second-order valence-electron chi connectivity index (χ2n) is 3.59. The number of rotatable bonds is 2. The molecule has 0 radical (unpaired) electrons. The third-order valence-electron chi connectivity index (χ3n) is 2.38. The fraction of sp³-hybridized carbons (Fsp3) is 0.600. The summed E-state index contributed by atoms with van der Waals surface area (Å²) in [4.78, 5) is 10.9. The van der Waals surface area contributed by atoms with Crippen molar-refractivity contribution in [2.45, 2.75) is 13.0 Å². The second-order valence-corrected chi connectivity index (χ2v) is 4.24. The standard InChI is InChI=1S/C10H14BrN3O/c1-8-2-3-12-10(13-8)14-4-5-15-9(6-11)7-14/h2-3,9H,4-7H2,1H3. The van der Waals surface area contributed by atoms with Crippen molar-refractivity contribution in [2.24, 2.45) is 0 Å². The van der Waals surface area contributed by atoms with E-state index in [9.17, 15) is 0 Å². The Bertz CT molecular complexity index is 334. The lowest BCUT2D eigenvalue weighted by atomic mass is 10.3. The zero-order valence-electron chi connectivity index (χ0n) is 8.69. The molecule has 1 saturated heterocycles. The molecule has 2 heterocycles. The fourth-order valence-electron chi connectivity index (χ4n) is 1.58. The summed E-state index contributed by atoms with van der Waals surface area (Å²) in [6.45, 7) is 4.45. The first-order valence-corrected chi connectivity index (χ1v) is 6.14. The van der Waals surface area contributed by atoms with Crippen LogP contribution in [0.15, 0.2) is 12.3 Å². The average molecular weight is 272 g/mol. The van der Waals surface area contributed by atoms with Crippen LogP contribution in [0.5, 0.6) is 0 Å². The van der Waals surface area contributed by atoms with E-state index < -0.39 is 0 Å². The lowest BCUT2D eigenvalue weighted by molar-refractivity contribution is 0.0565. The SMILES string of the molecule is Cc1ccnc(N2CCOC(CBr)C2)n1. The lowest BCUT2D eigenvalue weighted by Crippen LogP contribution is -2.44. The molecule has 1 aromatic heterocycles. The summed E-state index contributed by atoms with van der Waals surface area (Å²) in [7, 11) is 0. The van der Waals surface area contributed by atoms with E-state index in [2.05, 4.69) is 30.8 Å². The third-order valence-corrected chi connectivity index (χ3v) is 3.10. The van der Waals surface area contributed by atoms with Gasteiger partial charge in [-0.05, 0) is 13.0 Å². The highest BCUT2D eigenvalue weighted by Gasteiger charge is 2.21. The van der Waals surface area contributed by atoms with Crippen molar-refractivity contribution in [1.29, 1.82) is 0 Å². The topological polar surface area (TPSA) is 38.2 Å². The third kappa shape index (κ3) is 2.66. The van der Waals surface area contributed by atoms with Gasteiger partial charge in [-0.1, -0.05) is 15.9 Å². The highest BCUT2D eigenvalue weighted by atomic mass is 79.9. The minimum absolute atomic E-state index is 0.239. The molecule has 82 valence electrons. The molecule has 1 aliphatic rings. The van der Waals surface area contributed by atoms with Crippen molar-refractivity contribution >= 4 is 21.9 Å². The smallest absolute Gasteiger partial charge is 0.225 e. The molecule has 0 bridgehead atoms. The molecule has 0 aliphatic carbocycles. The molecular formula is C10H14BrN3O. The molecule has 0 amide bonds. The molecule has 1 aromatic rings. The maximum atomic E-state index is 5.56. The van der Waals surface area contributed by atoms with E-state index in [0.29, 0.717) is 0 Å². The van der Waals surface area contributed by atoms with Crippen LogP contribution in [0.4, 0.5) is 5.95 Å². The summed E-state index contributed by atoms with van der Waals surface area (Å²) in [5.41, 5.74) is 1.00. The van der Waals surface area contributed by atoms with Gasteiger partial charge in [-0.15, -0.1) is 0 Å². The van der Waals surface area contributed by atoms with E-state index in [1.807, 2.05) is 13.0 Å². The van der Waals surface area contributed by atoms with Gasteiger partial charge in [0.15, 0.2) is 0 Å². The van der Waals surface area contributed by atoms with Gasteiger partial charge >= 0.3 is 0 Å². The highest BCUT2D eigenvalue weighted by molar-refractivity contribution is 9.09. The Morgan fingerprint density at radius 2 is 2.53 bits per heavy atom. The minimum atomic E-state index is 0.239. The number of hydrogen-bond donors (Lipinski definition) is 0. The number of nitrogens with zero attached hydrogens (tertiary/aromatic N) is 3. The number of anilines is 1. The summed E-state index contributed by atoms with van der Waals surface area (Å²) in [6.07, 6.45) is 2.04. The molecule has 0 saturated carbocycles. The number of ether oxygens (including phenoxy) is 1. The van der Waals surface area contributed by atoms with Crippen molar-refractivity contribution in [3.8, 4) is 0 Å². The summed E-state index contributed by atoms with van der Waals surface area (Å²) >= 11 is 3.43. The van der Waals surface area contributed by atoms with E-state index in [0.717, 1.165) is 36.7 Å². The van der Waals surface area contributed by atoms with Gasteiger partial charge in [0.25, 0.3) is 0 Å². The van der Waals surface area contributed by atoms with Gasteiger partial charge < -0.3 is 9.64 Å². The van der Waals surface area contributed by atoms with Crippen LogP contribution in [0.25, 0.3) is 0 Å². The second kappa shape index (κ2) is 4.90. The van der Waals surface area contributed by atoms with E-state index in [1.54, 1.807) is 6.20 Å². The first kappa shape index (κ1) is 10.8. The highest BCUT2D eigenvalue weighted by Crippen LogP contribution is 2.13. The van der Waals surface area contributed by atoms with Gasteiger partial charge in [-0.3, -0.25) is 0 Å². The molecule has 15 heavy (non-hydrogen) atoms. The molecule has 0 aromatic carbocycles. The first-order valence-electron chi connectivity index (χ1n) is 5.02.